The highest BCUT2D eigenvalue weighted by atomic mass is 16.5. The van der Waals surface area contributed by atoms with E-state index in [9.17, 15) is 0 Å². The van der Waals surface area contributed by atoms with Crippen LogP contribution in [-0.2, 0) is 0 Å². The fourth-order valence-corrected chi connectivity index (χ4v) is 2.34. The van der Waals surface area contributed by atoms with Crippen molar-refractivity contribution in [3.05, 3.63) is 30.5 Å². The van der Waals surface area contributed by atoms with Gasteiger partial charge in [0.15, 0.2) is 0 Å². The van der Waals surface area contributed by atoms with Gasteiger partial charge in [0.1, 0.15) is 11.6 Å². The van der Waals surface area contributed by atoms with Gasteiger partial charge in [-0.1, -0.05) is 19.4 Å². The highest BCUT2D eigenvalue weighted by molar-refractivity contribution is 5.92. The van der Waals surface area contributed by atoms with Gasteiger partial charge in [0, 0.05) is 18.1 Å². The van der Waals surface area contributed by atoms with Crippen molar-refractivity contribution >= 4 is 16.6 Å². The van der Waals surface area contributed by atoms with Gasteiger partial charge in [-0.15, -0.1) is 0 Å². The third-order valence-corrected chi connectivity index (χ3v) is 3.68. The Balaban J connectivity index is 2.20. The lowest BCUT2D eigenvalue weighted by molar-refractivity contribution is 0.415. The maximum Gasteiger partial charge on any atom is 0.133 e. The Morgan fingerprint density at radius 2 is 2.20 bits per heavy atom. The van der Waals surface area contributed by atoms with E-state index >= 15 is 0 Å². The monoisotopic (exact) mass is 273 g/mol. The van der Waals surface area contributed by atoms with Crippen molar-refractivity contribution in [2.24, 2.45) is 11.7 Å². The highest BCUT2D eigenvalue weighted by Gasteiger charge is 2.08. The average molecular weight is 273 g/mol. The molecule has 0 saturated heterocycles. The molecule has 1 unspecified atom stereocenters. The molecule has 0 radical (unpaired) electrons. The van der Waals surface area contributed by atoms with Gasteiger partial charge in [0.2, 0.25) is 0 Å². The molecule has 1 aromatic carbocycles. The van der Waals surface area contributed by atoms with Gasteiger partial charge < -0.3 is 15.8 Å². The summed E-state index contributed by atoms with van der Waals surface area (Å²) in [6.07, 6.45) is 4.00. The van der Waals surface area contributed by atoms with Gasteiger partial charge in [-0.3, -0.25) is 0 Å². The molecule has 2 rings (SSSR count). The third kappa shape index (κ3) is 3.39. The fourth-order valence-electron chi connectivity index (χ4n) is 2.34. The van der Waals surface area contributed by atoms with E-state index in [1.54, 1.807) is 7.11 Å². The Labute approximate surface area is 120 Å². The van der Waals surface area contributed by atoms with Crippen molar-refractivity contribution in [1.29, 1.82) is 0 Å². The number of ether oxygens (including phenoxy) is 1. The van der Waals surface area contributed by atoms with Crippen LogP contribution in [0.15, 0.2) is 30.5 Å². The van der Waals surface area contributed by atoms with Crippen molar-refractivity contribution in [2.75, 3.05) is 25.5 Å². The Bertz CT molecular complexity index is 556. The number of nitrogens with one attached hydrogen (secondary N) is 1. The van der Waals surface area contributed by atoms with Crippen LogP contribution in [0, 0.1) is 5.92 Å². The lowest BCUT2D eigenvalue weighted by Gasteiger charge is -2.16. The standard InChI is InChI=1S/C16H23N3O/c1-3-12(6-8-17)11-19-16-15-10-14(20-2)5-4-13(15)7-9-18-16/h4-5,7,9-10,12H,3,6,8,11,17H2,1-2H3,(H,18,19). The van der Waals surface area contributed by atoms with Crippen LogP contribution >= 0.6 is 0 Å². The molecule has 0 bridgehead atoms. The molecule has 1 heterocycles. The van der Waals surface area contributed by atoms with Crippen molar-refractivity contribution in [3.8, 4) is 5.75 Å². The summed E-state index contributed by atoms with van der Waals surface area (Å²) in [5.41, 5.74) is 5.64. The van der Waals surface area contributed by atoms with Gasteiger partial charge >= 0.3 is 0 Å². The van der Waals surface area contributed by atoms with Crippen molar-refractivity contribution in [3.63, 3.8) is 0 Å². The second-order valence-corrected chi connectivity index (χ2v) is 4.98. The molecule has 108 valence electrons. The summed E-state index contributed by atoms with van der Waals surface area (Å²) in [6.45, 7) is 3.83. The van der Waals surface area contributed by atoms with Gasteiger partial charge in [-0.25, -0.2) is 4.98 Å². The summed E-state index contributed by atoms with van der Waals surface area (Å²) in [4.78, 5) is 4.45. The van der Waals surface area contributed by atoms with E-state index in [0.29, 0.717) is 5.92 Å². The first-order chi connectivity index (χ1) is 9.78. The Morgan fingerprint density at radius 3 is 2.90 bits per heavy atom. The van der Waals surface area contributed by atoms with Crippen LogP contribution in [-0.4, -0.2) is 25.2 Å². The number of fused-ring (bicyclic) bond motifs is 1. The molecule has 20 heavy (non-hydrogen) atoms. The van der Waals surface area contributed by atoms with Crippen LogP contribution in [0.1, 0.15) is 19.8 Å². The zero-order valence-electron chi connectivity index (χ0n) is 12.2. The number of hydrogen-bond acceptors (Lipinski definition) is 4. The van der Waals surface area contributed by atoms with Crippen LogP contribution in [0.25, 0.3) is 10.8 Å². The molecule has 0 aliphatic heterocycles. The number of aromatic nitrogens is 1. The zero-order valence-corrected chi connectivity index (χ0v) is 12.2. The number of nitrogens with two attached hydrogens (primary N) is 1. The predicted octanol–water partition coefficient (Wildman–Crippen LogP) is 3.03. The molecule has 0 fully saturated rings. The molecule has 1 aromatic heterocycles. The highest BCUT2D eigenvalue weighted by Crippen LogP contribution is 2.26. The number of methoxy groups -OCH3 is 1. The maximum atomic E-state index is 5.64. The third-order valence-electron chi connectivity index (χ3n) is 3.68. The average Bonchev–Trinajstić information content (AvgIpc) is 2.50. The minimum Gasteiger partial charge on any atom is -0.497 e. The molecule has 4 nitrogen and oxygen atoms in total. The van der Waals surface area contributed by atoms with Gasteiger partial charge in [-0.2, -0.15) is 0 Å². The molecule has 4 heteroatoms. The van der Waals surface area contributed by atoms with Gasteiger partial charge in [0.25, 0.3) is 0 Å². The summed E-state index contributed by atoms with van der Waals surface area (Å²) in [5.74, 6) is 2.35. The van der Waals surface area contributed by atoms with E-state index in [2.05, 4.69) is 23.3 Å². The quantitative estimate of drug-likeness (QED) is 0.814. The molecular weight excluding hydrogens is 250 g/mol. The molecule has 3 N–H and O–H groups in total. The Morgan fingerprint density at radius 1 is 1.35 bits per heavy atom. The van der Waals surface area contributed by atoms with Crippen LogP contribution in [0.2, 0.25) is 0 Å². The van der Waals surface area contributed by atoms with Gasteiger partial charge in [0.05, 0.1) is 7.11 Å². The van der Waals surface area contributed by atoms with Crippen LogP contribution in [0.5, 0.6) is 5.75 Å². The van der Waals surface area contributed by atoms with Crippen molar-refractivity contribution in [1.82, 2.24) is 4.98 Å². The molecule has 1 atom stereocenters. The first kappa shape index (κ1) is 14.6. The number of rotatable bonds is 7. The van der Waals surface area contributed by atoms with E-state index in [1.807, 2.05) is 24.4 Å². The van der Waals surface area contributed by atoms with Crippen LogP contribution in [0.4, 0.5) is 5.82 Å². The lowest BCUT2D eigenvalue weighted by atomic mass is 10.0. The number of nitrogens with zero attached hydrogens (tertiary/aromatic N) is 1. The van der Waals surface area contributed by atoms with Crippen molar-refractivity contribution < 1.29 is 4.74 Å². The summed E-state index contributed by atoms with van der Waals surface area (Å²) < 4.78 is 5.29. The maximum absolute atomic E-state index is 5.64. The molecule has 0 saturated carbocycles. The van der Waals surface area contributed by atoms with E-state index in [1.165, 1.54) is 0 Å². The largest absolute Gasteiger partial charge is 0.497 e. The summed E-state index contributed by atoms with van der Waals surface area (Å²) in [7, 11) is 1.68. The first-order valence-corrected chi connectivity index (χ1v) is 7.15. The van der Waals surface area contributed by atoms with Crippen LogP contribution < -0.4 is 15.8 Å². The predicted molar refractivity (Wildman–Crippen MR) is 84.2 cm³/mol. The first-order valence-electron chi connectivity index (χ1n) is 7.15. The fraction of sp³-hybridized carbons (Fsp3) is 0.438. The topological polar surface area (TPSA) is 60.2 Å². The van der Waals surface area contributed by atoms with E-state index in [-0.39, 0.29) is 0 Å². The summed E-state index contributed by atoms with van der Waals surface area (Å²) in [6, 6.07) is 8.05. The zero-order chi connectivity index (χ0) is 14.4. The normalized spacial score (nSPS) is 12.3. The number of pyridine rings is 1. The SMILES string of the molecule is CCC(CCN)CNc1nccc2ccc(OC)cc12. The van der Waals surface area contributed by atoms with E-state index < -0.39 is 0 Å². The molecular formula is C16H23N3O. The second kappa shape index (κ2) is 7.10. The summed E-state index contributed by atoms with van der Waals surface area (Å²) >= 11 is 0. The molecule has 0 aliphatic rings. The van der Waals surface area contributed by atoms with Gasteiger partial charge in [-0.05, 0) is 42.5 Å². The lowest BCUT2D eigenvalue weighted by Crippen LogP contribution is -2.18. The molecule has 2 aromatic rings. The number of hydrogen-bond donors (Lipinski definition) is 2. The van der Waals surface area contributed by atoms with E-state index in [4.69, 9.17) is 10.5 Å². The molecule has 0 spiro atoms. The van der Waals surface area contributed by atoms with Crippen molar-refractivity contribution in [2.45, 2.75) is 19.8 Å². The minimum absolute atomic E-state index is 0.586. The molecule has 0 amide bonds. The summed E-state index contributed by atoms with van der Waals surface area (Å²) in [5, 5.41) is 5.71. The van der Waals surface area contributed by atoms with E-state index in [0.717, 1.165) is 48.3 Å². The molecule has 0 aliphatic carbocycles. The number of anilines is 1. The Kier molecular flexibility index (Phi) is 5.18. The number of benzene rings is 1. The second-order valence-electron chi connectivity index (χ2n) is 4.98. The smallest absolute Gasteiger partial charge is 0.133 e. The Hall–Kier alpha value is -1.81. The van der Waals surface area contributed by atoms with Crippen LogP contribution in [0.3, 0.4) is 0 Å². The minimum atomic E-state index is 0.586.